The monoisotopic (exact) mass is 420 g/mol. The Morgan fingerprint density at radius 3 is 2.50 bits per heavy atom. The van der Waals surface area contributed by atoms with Crippen molar-refractivity contribution in [1.29, 1.82) is 0 Å². The molecule has 0 unspecified atom stereocenters. The number of carbonyl (C=O) groups is 1. The van der Waals surface area contributed by atoms with Gasteiger partial charge in [-0.2, -0.15) is 0 Å². The molecule has 1 atom stereocenters. The molecule has 3 aromatic rings. The second kappa shape index (κ2) is 9.28. The summed E-state index contributed by atoms with van der Waals surface area (Å²) in [5.74, 6) is 0.823. The van der Waals surface area contributed by atoms with Crippen LogP contribution in [0.25, 0.3) is 0 Å². The van der Waals surface area contributed by atoms with Gasteiger partial charge in [0, 0.05) is 36.4 Å². The van der Waals surface area contributed by atoms with Gasteiger partial charge in [0.25, 0.3) is 0 Å². The summed E-state index contributed by atoms with van der Waals surface area (Å²) >= 11 is 1.67. The number of rotatable bonds is 6. The summed E-state index contributed by atoms with van der Waals surface area (Å²) in [4.78, 5) is 26.4. The van der Waals surface area contributed by atoms with E-state index >= 15 is 0 Å². The molecular weight excluding hydrogens is 396 g/mol. The molecule has 0 radical (unpaired) electrons. The van der Waals surface area contributed by atoms with Crippen LogP contribution in [0.4, 0.5) is 5.69 Å². The van der Waals surface area contributed by atoms with E-state index in [2.05, 4.69) is 27.9 Å². The van der Waals surface area contributed by atoms with Gasteiger partial charge in [-0.3, -0.25) is 9.69 Å². The first-order valence-corrected chi connectivity index (χ1v) is 11.1. The molecule has 0 aliphatic carbocycles. The molecule has 2 heterocycles. The van der Waals surface area contributed by atoms with Crippen molar-refractivity contribution in [2.24, 2.45) is 0 Å². The first kappa shape index (κ1) is 20.4. The zero-order chi connectivity index (χ0) is 20.9. The summed E-state index contributed by atoms with van der Waals surface area (Å²) < 4.78 is 5.64. The molecule has 1 aromatic heterocycles. The van der Waals surface area contributed by atoms with Gasteiger partial charge in [0.05, 0.1) is 12.2 Å². The molecule has 30 heavy (non-hydrogen) atoms. The van der Waals surface area contributed by atoms with Crippen molar-refractivity contribution in [3.8, 4) is 11.8 Å². The maximum absolute atomic E-state index is 13.0. The lowest BCUT2D eigenvalue weighted by molar-refractivity contribution is -0.122. The van der Waals surface area contributed by atoms with E-state index in [1.807, 2.05) is 53.6 Å². The van der Waals surface area contributed by atoms with Crippen molar-refractivity contribution in [2.75, 3.05) is 24.2 Å². The molecule has 1 aliphatic heterocycles. The molecule has 1 saturated heterocycles. The zero-order valence-corrected chi connectivity index (χ0v) is 17.9. The van der Waals surface area contributed by atoms with E-state index < -0.39 is 0 Å². The lowest BCUT2D eigenvalue weighted by Gasteiger charge is -2.40. The predicted octanol–water partition coefficient (Wildman–Crippen LogP) is 4.23. The van der Waals surface area contributed by atoms with Crippen LogP contribution in [0, 0.1) is 0 Å². The van der Waals surface area contributed by atoms with E-state index in [4.69, 9.17) is 4.74 Å². The van der Waals surface area contributed by atoms with E-state index in [1.165, 1.54) is 0 Å². The van der Waals surface area contributed by atoms with E-state index in [1.54, 1.807) is 30.2 Å². The Morgan fingerprint density at radius 2 is 1.80 bits per heavy atom. The highest BCUT2D eigenvalue weighted by Crippen LogP contribution is 2.31. The number of benzene rings is 2. The number of amides is 1. The van der Waals surface area contributed by atoms with Crippen LogP contribution in [0.3, 0.4) is 0 Å². The molecule has 6 nitrogen and oxygen atoms in total. The van der Waals surface area contributed by atoms with Crippen LogP contribution in [-0.4, -0.2) is 46.2 Å². The van der Waals surface area contributed by atoms with Crippen LogP contribution in [0.15, 0.2) is 71.9 Å². The summed E-state index contributed by atoms with van der Waals surface area (Å²) in [5, 5.41) is 0. The fourth-order valence-corrected chi connectivity index (χ4v) is 4.31. The number of nitrogens with zero attached hydrogens (tertiary/aromatic N) is 4. The Kier molecular flexibility index (Phi) is 6.30. The number of piperazine rings is 1. The highest BCUT2D eigenvalue weighted by molar-refractivity contribution is 7.98. The molecule has 154 valence electrons. The van der Waals surface area contributed by atoms with E-state index in [0.717, 1.165) is 29.2 Å². The lowest BCUT2D eigenvalue weighted by atomic mass is 10.1. The highest BCUT2D eigenvalue weighted by Gasteiger charge is 2.31. The Labute approximate surface area is 180 Å². The van der Waals surface area contributed by atoms with Gasteiger partial charge in [-0.15, -0.1) is 11.8 Å². The third kappa shape index (κ3) is 4.63. The Balaban J connectivity index is 1.40. The number of hydrogen-bond acceptors (Lipinski definition) is 6. The van der Waals surface area contributed by atoms with E-state index in [9.17, 15) is 4.79 Å². The zero-order valence-electron chi connectivity index (χ0n) is 17.1. The number of ether oxygens (including phenoxy) is 1. The number of anilines is 1. The van der Waals surface area contributed by atoms with E-state index in [-0.39, 0.29) is 11.9 Å². The molecule has 7 heteroatoms. The molecular formula is C23H24N4O2S. The van der Waals surface area contributed by atoms with Crippen molar-refractivity contribution in [3.05, 3.63) is 72.6 Å². The Morgan fingerprint density at radius 1 is 1.07 bits per heavy atom. The van der Waals surface area contributed by atoms with Gasteiger partial charge in [0.15, 0.2) is 0 Å². The summed E-state index contributed by atoms with van der Waals surface area (Å²) in [6, 6.07) is 18.1. The maximum atomic E-state index is 13.0. The number of aromatic nitrogens is 2. The normalized spacial score (nSPS) is 17.2. The second-order valence-electron chi connectivity index (χ2n) is 7.23. The Bertz CT molecular complexity index is 998. The summed E-state index contributed by atoms with van der Waals surface area (Å²) in [7, 11) is 0. The minimum absolute atomic E-state index is 0.109. The Hall–Kier alpha value is -2.90. The van der Waals surface area contributed by atoms with Gasteiger partial charge in [0.1, 0.15) is 5.75 Å². The quantitative estimate of drug-likeness (QED) is 0.556. The number of carbonyl (C=O) groups excluding carboxylic acids is 1. The molecule has 4 rings (SSSR count). The fraction of sp³-hybridized carbons (Fsp3) is 0.261. The van der Waals surface area contributed by atoms with Crippen LogP contribution in [0.1, 0.15) is 12.5 Å². The van der Waals surface area contributed by atoms with Crippen molar-refractivity contribution < 1.29 is 9.53 Å². The second-order valence-corrected chi connectivity index (χ2v) is 8.08. The van der Waals surface area contributed by atoms with Gasteiger partial charge >= 0.3 is 6.01 Å². The minimum atomic E-state index is 0.109. The van der Waals surface area contributed by atoms with Crippen LogP contribution >= 0.6 is 11.8 Å². The van der Waals surface area contributed by atoms with Crippen molar-refractivity contribution in [3.63, 3.8) is 0 Å². The average Bonchev–Trinajstić information content (AvgIpc) is 2.76. The third-order valence-electron chi connectivity index (χ3n) is 5.02. The van der Waals surface area contributed by atoms with Gasteiger partial charge in [-0.25, -0.2) is 9.97 Å². The average molecular weight is 421 g/mol. The van der Waals surface area contributed by atoms with Crippen LogP contribution < -0.4 is 9.64 Å². The van der Waals surface area contributed by atoms with Gasteiger partial charge in [-0.1, -0.05) is 24.3 Å². The van der Waals surface area contributed by atoms with Crippen LogP contribution in [0.2, 0.25) is 0 Å². The molecule has 2 aromatic carbocycles. The topological polar surface area (TPSA) is 58.6 Å². The molecule has 1 aliphatic rings. The number of thioether (sulfide) groups is 1. The smallest absolute Gasteiger partial charge is 0.321 e. The largest absolute Gasteiger partial charge is 0.424 e. The van der Waals surface area contributed by atoms with Crippen LogP contribution in [0.5, 0.6) is 11.8 Å². The SMILES string of the molecule is CSc1ccccc1N1C(=O)CN(Cc2ccc(Oc3ncccn3)cc2)C[C@@H]1C. The van der Waals surface area contributed by atoms with Crippen molar-refractivity contribution in [1.82, 2.24) is 14.9 Å². The predicted molar refractivity (Wildman–Crippen MR) is 119 cm³/mol. The molecule has 1 fully saturated rings. The lowest BCUT2D eigenvalue weighted by Crippen LogP contribution is -2.55. The molecule has 1 amide bonds. The minimum Gasteiger partial charge on any atom is -0.424 e. The summed E-state index contributed by atoms with van der Waals surface area (Å²) in [6.07, 6.45) is 5.33. The fourth-order valence-electron chi connectivity index (χ4n) is 3.72. The first-order chi connectivity index (χ1) is 14.6. The van der Waals surface area contributed by atoms with Gasteiger partial charge in [0.2, 0.25) is 5.91 Å². The van der Waals surface area contributed by atoms with Crippen molar-refractivity contribution in [2.45, 2.75) is 24.4 Å². The molecule has 0 spiro atoms. The maximum Gasteiger partial charge on any atom is 0.321 e. The number of para-hydroxylation sites is 1. The third-order valence-corrected chi connectivity index (χ3v) is 5.80. The molecule has 0 saturated carbocycles. The summed E-state index contributed by atoms with van der Waals surface area (Å²) in [6.45, 7) is 4.06. The van der Waals surface area contributed by atoms with E-state index in [0.29, 0.717) is 18.3 Å². The van der Waals surface area contributed by atoms with Gasteiger partial charge in [-0.05, 0) is 49.1 Å². The highest BCUT2D eigenvalue weighted by atomic mass is 32.2. The number of hydrogen-bond donors (Lipinski definition) is 0. The summed E-state index contributed by atoms with van der Waals surface area (Å²) in [5.41, 5.74) is 2.14. The molecule has 0 N–H and O–H groups in total. The first-order valence-electron chi connectivity index (χ1n) is 9.85. The van der Waals surface area contributed by atoms with Gasteiger partial charge < -0.3 is 9.64 Å². The standard InChI is InChI=1S/C23H24N4O2S/c1-17-14-26(16-22(28)27(17)20-6-3-4-7-21(20)30-2)15-18-8-10-19(11-9-18)29-23-24-12-5-13-25-23/h3-13,17H,14-16H2,1-2H3/t17-/m0/s1. The molecule has 0 bridgehead atoms. The van der Waals surface area contributed by atoms with Crippen molar-refractivity contribution >= 4 is 23.4 Å². The van der Waals surface area contributed by atoms with Crippen LogP contribution in [-0.2, 0) is 11.3 Å².